The van der Waals surface area contributed by atoms with Crippen molar-refractivity contribution >= 4 is 17.7 Å². The van der Waals surface area contributed by atoms with E-state index in [1.807, 2.05) is 11.8 Å². The Bertz CT molecular complexity index is 408. The van der Waals surface area contributed by atoms with E-state index in [4.69, 9.17) is 4.74 Å². The van der Waals surface area contributed by atoms with Crippen LogP contribution in [0.1, 0.15) is 12.0 Å². The molecule has 118 valence electrons. The molecule has 0 aliphatic rings. The second-order valence-corrected chi connectivity index (χ2v) is 5.99. The number of hydrogen-bond donors (Lipinski definition) is 0. The Morgan fingerprint density at radius 1 is 1.14 bits per heavy atom. The number of nitrogens with zero attached hydrogens (tertiary/aromatic N) is 1. The Morgan fingerprint density at radius 3 is 2.48 bits per heavy atom. The Labute approximate surface area is 131 Å². The van der Waals surface area contributed by atoms with Crippen LogP contribution in [0.15, 0.2) is 29.2 Å². The quantitative estimate of drug-likeness (QED) is 0.490. The number of ether oxygens (including phenoxy) is 2. The topological polar surface area (TPSA) is 38.8 Å². The summed E-state index contributed by atoms with van der Waals surface area (Å²) in [5, 5.41) is 0. The lowest BCUT2D eigenvalue weighted by Gasteiger charge is -2.21. The molecular weight excluding hydrogens is 286 g/mol. The van der Waals surface area contributed by atoms with E-state index in [9.17, 15) is 4.79 Å². The molecule has 0 atom stereocenters. The first-order valence-electron chi connectivity index (χ1n) is 7.13. The maximum Gasteiger partial charge on any atom is 0.306 e. The third-order valence-corrected chi connectivity index (χ3v) is 4.16. The molecule has 0 aliphatic heterocycles. The van der Waals surface area contributed by atoms with Crippen LogP contribution in [0.4, 0.5) is 0 Å². The molecule has 5 heteroatoms. The lowest BCUT2D eigenvalue weighted by atomic mass is 10.2. The number of methoxy groups -OCH3 is 2. The molecule has 0 spiro atoms. The van der Waals surface area contributed by atoms with Gasteiger partial charge in [0.2, 0.25) is 0 Å². The highest BCUT2D eigenvalue weighted by atomic mass is 32.2. The number of carbonyl (C=O) groups is 1. The largest absolute Gasteiger partial charge is 0.469 e. The molecule has 0 aliphatic carbocycles. The average Bonchev–Trinajstić information content (AvgIpc) is 2.50. The third-order valence-electron chi connectivity index (χ3n) is 3.17. The number of carbonyl (C=O) groups excluding carboxylic acids is 1. The first kappa shape index (κ1) is 18.0. The highest BCUT2D eigenvalue weighted by Gasteiger charge is 2.08. The highest BCUT2D eigenvalue weighted by Crippen LogP contribution is 2.18. The zero-order valence-corrected chi connectivity index (χ0v) is 13.9. The van der Waals surface area contributed by atoms with E-state index in [1.54, 1.807) is 7.11 Å². The summed E-state index contributed by atoms with van der Waals surface area (Å²) < 4.78 is 9.81. The molecule has 0 unspecified atom stereocenters. The van der Waals surface area contributed by atoms with Crippen LogP contribution in [0.25, 0.3) is 0 Å². The van der Waals surface area contributed by atoms with Gasteiger partial charge in [-0.1, -0.05) is 17.7 Å². The van der Waals surface area contributed by atoms with E-state index < -0.39 is 0 Å². The van der Waals surface area contributed by atoms with Crippen LogP contribution in [0.2, 0.25) is 0 Å². The lowest BCUT2D eigenvalue weighted by molar-refractivity contribution is -0.141. The zero-order chi connectivity index (χ0) is 15.5. The first-order valence-corrected chi connectivity index (χ1v) is 8.12. The number of rotatable bonds is 10. The molecular formula is C16H25NO3S. The highest BCUT2D eigenvalue weighted by molar-refractivity contribution is 7.99. The van der Waals surface area contributed by atoms with E-state index in [2.05, 4.69) is 40.8 Å². The van der Waals surface area contributed by atoms with Gasteiger partial charge >= 0.3 is 5.97 Å². The summed E-state index contributed by atoms with van der Waals surface area (Å²) in [7, 11) is 3.12. The van der Waals surface area contributed by atoms with Crippen molar-refractivity contribution in [3.63, 3.8) is 0 Å². The van der Waals surface area contributed by atoms with Gasteiger partial charge in [-0.05, 0) is 19.1 Å². The van der Waals surface area contributed by atoms with Gasteiger partial charge in [0, 0.05) is 37.4 Å². The van der Waals surface area contributed by atoms with Gasteiger partial charge in [-0.15, -0.1) is 11.8 Å². The monoisotopic (exact) mass is 311 g/mol. The van der Waals surface area contributed by atoms with Gasteiger partial charge in [-0.2, -0.15) is 0 Å². The van der Waals surface area contributed by atoms with Crippen LogP contribution in [-0.4, -0.2) is 57.1 Å². The van der Waals surface area contributed by atoms with Crippen molar-refractivity contribution < 1.29 is 14.3 Å². The number of aryl methyl sites for hydroxylation is 1. The second kappa shape index (κ2) is 10.7. The predicted octanol–water partition coefficient (Wildman–Crippen LogP) is 2.60. The van der Waals surface area contributed by atoms with Crippen LogP contribution in [0.3, 0.4) is 0 Å². The van der Waals surface area contributed by atoms with Crippen molar-refractivity contribution in [3.8, 4) is 0 Å². The molecule has 0 aromatic heterocycles. The van der Waals surface area contributed by atoms with Gasteiger partial charge in [0.15, 0.2) is 0 Å². The van der Waals surface area contributed by atoms with Crippen LogP contribution in [0, 0.1) is 6.92 Å². The summed E-state index contributed by atoms with van der Waals surface area (Å²) in [5.41, 5.74) is 1.28. The summed E-state index contributed by atoms with van der Waals surface area (Å²) >= 11 is 1.83. The minimum Gasteiger partial charge on any atom is -0.469 e. The average molecular weight is 311 g/mol. The van der Waals surface area contributed by atoms with Gasteiger partial charge < -0.3 is 9.47 Å². The maximum atomic E-state index is 11.2. The van der Waals surface area contributed by atoms with E-state index >= 15 is 0 Å². The maximum absolute atomic E-state index is 11.2. The predicted molar refractivity (Wildman–Crippen MR) is 86.9 cm³/mol. The molecule has 0 heterocycles. The van der Waals surface area contributed by atoms with Crippen LogP contribution >= 0.6 is 11.8 Å². The second-order valence-electron chi connectivity index (χ2n) is 4.82. The molecule has 0 saturated heterocycles. The first-order chi connectivity index (χ1) is 10.2. The van der Waals surface area contributed by atoms with Crippen LogP contribution in [0.5, 0.6) is 0 Å². The fourth-order valence-electron chi connectivity index (χ4n) is 1.83. The normalized spacial score (nSPS) is 10.9. The molecule has 0 saturated carbocycles. The summed E-state index contributed by atoms with van der Waals surface area (Å²) in [6.07, 6.45) is 0.426. The number of hydrogen-bond acceptors (Lipinski definition) is 5. The van der Waals surface area contributed by atoms with Gasteiger partial charge in [-0.3, -0.25) is 9.69 Å². The van der Waals surface area contributed by atoms with Crippen molar-refractivity contribution in [2.75, 3.05) is 46.2 Å². The van der Waals surface area contributed by atoms with Gasteiger partial charge in [0.05, 0.1) is 20.1 Å². The molecule has 0 N–H and O–H groups in total. The summed E-state index contributed by atoms with van der Waals surface area (Å²) in [6, 6.07) is 8.55. The summed E-state index contributed by atoms with van der Waals surface area (Å²) in [4.78, 5) is 14.7. The van der Waals surface area contributed by atoms with Gasteiger partial charge in [0.1, 0.15) is 0 Å². The molecule has 0 radical (unpaired) electrons. The van der Waals surface area contributed by atoms with Crippen molar-refractivity contribution in [1.29, 1.82) is 0 Å². The Kier molecular flexibility index (Phi) is 9.14. The van der Waals surface area contributed by atoms with E-state index in [0.29, 0.717) is 19.6 Å². The number of benzene rings is 1. The van der Waals surface area contributed by atoms with Crippen molar-refractivity contribution in [3.05, 3.63) is 29.8 Å². The van der Waals surface area contributed by atoms with Crippen LogP contribution in [-0.2, 0) is 14.3 Å². The Morgan fingerprint density at radius 2 is 1.86 bits per heavy atom. The summed E-state index contributed by atoms with van der Waals surface area (Å²) in [5.74, 6) is 0.831. The SMILES string of the molecule is COCCN(CCSc1ccc(C)cc1)CCC(=O)OC. The zero-order valence-electron chi connectivity index (χ0n) is 13.1. The molecule has 4 nitrogen and oxygen atoms in total. The molecule has 0 fully saturated rings. The van der Waals surface area contributed by atoms with Crippen molar-refractivity contribution in [1.82, 2.24) is 4.90 Å². The molecule has 0 bridgehead atoms. The fourth-order valence-corrected chi connectivity index (χ4v) is 2.75. The lowest BCUT2D eigenvalue weighted by Crippen LogP contribution is -2.32. The smallest absolute Gasteiger partial charge is 0.306 e. The van der Waals surface area contributed by atoms with Gasteiger partial charge in [-0.25, -0.2) is 0 Å². The molecule has 21 heavy (non-hydrogen) atoms. The van der Waals surface area contributed by atoms with E-state index in [1.165, 1.54) is 17.6 Å². The fraction of sp³-hybridized carbons (Fsp3) is 0.562. The molecule has 1 aromatic carbocycles. The number of esters is 1. The third kappa shape index (κ3) is 8.09. The van der Waals surface area contributed by atoms with Crippen LogP contribution < -0.4 is 0 Å². The minimum atomic E-state index is -0.163. The summed E-state index contributed by atoms with van der Waals surface area (Å²) in [6.45, 7) is 5.25. The van der Waals surface area contributed by atoms with E-state index in [0.717, 1.165) is 18.8 Å². The molecule has 1 aromatic rings. The standard InChI is InChI=1S/C16H25NO3S/c1-14-4-6-15(7-5-14)21-13-11-17(10-12-19-2)9-8-16(18)20-3/h4-7H,8-13H2,1-3H3. The Hall–Kier alpha value is -1.04. The Balaban J connectivity index is 2.33. The van der Waals surface area contributed by atoms with E-state index in [-0.39, 0.29) is 5.97 Å². The number of thioether (sulfide) groups is 1. The van der Waals surface area contributed by atoms with Crippen molar-refractivity contribution in [2.24, 2.45) is 0 Å². The van der Waals surface area contributed by atoms with Gasteiger partial charge in [0.25, 0.3) is 0 Å². The minimum absolute atomic E-state index is 0.163. The van der Waals surface area contributed by atoms with Crippen molar-refractivity contribution in [2.45, 2.75) is 18.2 Å². The molecule has 1 rings (SSSR count). The molecule has 0 amide bonds.